The molecule has 1 saturated heterocycles. The molecule has 53 heavy (non-hydrogen) atoms. The van der Waals surface area contributed by atoms with Crippen molar-refractivity contribution in [1.82, 2.24) is 0 Å². The molecule has 0 aliphatic carbocycles. The standard InChI is InChI=1S/C43H78O10/c1-3-5-7-9-11-13-15-16-17-18-19-20-22-23-25-27-29-31-38(45)50-34-36(35-51-43-42(49)41(48)40(47)37(33-44)53-43)52-39(46)32-30-28-26-24-21-14-12-10-8-6-4-2/h10,12,16-17,36-37,40-44,47-49H,3-9,11,13-15,18-35H2,1-2H3/b12-10+,17-16+/t36-,37-,40+,41?,42?,43-/m0/s1. The highest BCUT2D eigenvalue weighted by Crippen LogP contribution is 2.22. The quantitative estimate of drug-likeness (QED) is 0.0281. The molecule has 1 aliphatic rings. The Morgan fingerprint density at radius 3 is 1.53 bits per heavy atom. The van der Waals surface area contributed by atoms with Crippen LogP contribution in [0.4, 0.5) is 0 Å². The Kier molecular flexibility index (Phi) is 32.2. The van der Waals surface area contributed by atoms with E-state index < -0.39 is 49.4 Å². The van der Waals surface area contributed by atoms with Gasteiger partial charge in [0.2, 0.25) is 0 Å². The van der Waals surface area contributed by atoms with E-state index >= 15 is 0 Å². The number of esters is 2. The summed E-state index contributed by atoms with van der Waals surface area (Å²) in [6.07, 6.45) is 29.0. The van der Waals surface area contributed by atoms with Gasteiger partial charge in [0.25, 0.3) is 0 Å². The lowest BCUT2D eigenvalue weighted by atomic mass is 9.99. The number of hydrogen-bond acceptors (Lipinski definition) is 10. The zero-order valence-corrected chi connectivity index (χ0v) is 33.5. The van der Waals surface area contributed by atoms with E-state index in [1.54, 1.807) is 0 Å². The van der Waals surface area contributed by atoms with E-state index in [1.807, 2.05) is 0 Å². The van der Waals surface area contributed by atoms with Crippen LogP contribution in [0.25, 0.3) is 0 Å². The molecule has 0 aromatic carbocycles. The van der Waals surface area contributed by atoms with Crippen molar-refractivity contribution in [3.63, 3.8) is 0 Å². The Balaban J connectivity index is 2.33. The molecule has 4 N–H and O–H groups in total. The molecule has 2 unspecified atom stereocenters. The topological polar surface area (TPSA) is 152 Å². The SMILES string of the molecule is CCCC/C=C/CCCCCCCC(=O)O[C@@H](COC(=O)CCCCCCCCC/C=C/CCCCCCCC)CO[C@H]1O[C@@H](CO)[C@@H](O)C(O)C1O. The van der Waals surface area contributed by atoms with Gasteiger partial charge in [0, 0.05) is 12.8 Å². The van der Waals surface area contributed by atoms with Crippen molar-refractivity contribution in [2.24, 2.45) is 0 Å². The number of carbonyl (C=O) groups is 2. The first-order valence-electron chi connectivity index (χ1n) is 21.4. The van der Waals surface area contributed by atoms with E-state index in [1.165, 1.54) is 77.0 Å². The minimum Gasteiger partial charge on any atom is -0.462 e. The van der Waals surface area contributed by atoms with Gasteiger partial charge in [-0.15, -0.1) is 0 Å². The lowest BCUT2D eigenvalue weighted by molar-refractivity contribution is -0.305. The monoisotopic (exact) mass is 755 g/mol. The molecule has 0 bridgehead atoms. The summed E-state index contributed by atoms with van der Waals surface area (Å²) in [6, 6.07) is 0. The Hall–Kier alpha value is -1.82. The molecule has 0 aromatic heterocycles. The fourth-order valence-corrected chi connectivity index (χ4v) is 6.34. The van der Waals surface area contributed by atoms with Gasteiger partial charge < -0.3 is 39.4 Å². The summed E-state index contributed by atoms with van der Waals surface area (Å²) in [4.78, 5) is 25.2. The van der Waals surface area contributed by atoms with E-state index in [2.05, 4.69) is 38.2 Å². The number of rotatable bonds is 35. The van der Waals surface area contributed by atoms with Crippen molar-refractivity contribution in [2.75, 3.05) is 19.8 Å². The van der Waals surface area contributed by atoms with Crippen LogP contribution in [0.1, 0.15) is 181 Å². The van der Waals surface area contributed by atoms with Crippen LogP contribution in [0.3, 0.4) is 0 Å². The maximum atomic E-state index is 12.7. The fraction of sp³-hybridized carbons (Fsp3) is 0.860. The highest BCUT2D eigenvalue weighted by Gasteiger charge is 2.44. The number of ether oxygens (including phenoxy) is 4. The Morgan fingerprint density at radius 1 is 0.566 bits per heavy atom. The van der Waals surface area contributed by atoms with Crippen molar-refractivity contribution in [1.29, 1.82) is 0 Å². The first-order valence-corrected chi connectivity index (χ1v) is 21.4. The van der Waals surface area contributed by atoms with Gasteiger partial charge >= 0.3 is 11.9 Å². The molecule has 10 nitrogen and oxygen atoms in total. The molecule has 1 rings (SSSR count). The van der Waals surface area contributed by atoms with Crippen molar-refractivity contribution in [3.8, 4) is 0 Å². The molecule has 1 heterocycles. The van der Waals surface area contributed by atoms with Gasteiger partial charge in [-0.25, -0.2) is 0 Å². The van der Waals surface area contributed by atoms with Crippen molar-refractivity contribution < 1.29 is 49.0 Å². The number of aliphatic hydroxyl groups excluding tert-OH is 4. The summed E-state index contributed by atoms with van der Waals surface area (Å²) in [5, 5.41) is 40.0. The summed E-state index contributed by atoms with van der Waals surface area (Å²) in [6.45, 7) is 3.36. The Bertz CT molecular complexity index is 923. The largest absolute Gasteiger partial charge is 0.462 e. The highest BCUT2D eigenvalue weighted by atomic mass is 16.7. The molecular formula is C43H78O10. The maximum Gasteiger partial charge on any atom is 0.306 e. The minimum absolute atomic E-state index is 0.220. The molecule has 0 spiro atoms. The zero-order chi connectivity index (χ0) is 38.8. The molecule has 1 fully saturated rings. The van der Waals surface area contributed by atoms with Crippen LogP contribution in [0.5, 0.6) is 0 Å². The third-order valence-electron chi connectivity index (χ3n) is 9.81. The van der Waals surface area contributed by atoms with E-state index in [-0.39, 0.29) is 32.0 Å². The number of carbonyl (C=O) groups excluding carboxylic acids is 2. The second-order valence-electron chi connectivity index (χ2n) is 14.8. The van der Waals surface area contributed by atoms with Crippen molar-refractivity contribution in [2.45, 2.75) is 218 Å². The molecule has 0 amide bonds. The van der Waals surface area contributed by atoms with Crippen LogP contribution >= 0.6 is 0 Å². The van der Waals surface area contributed by atoms with Crippen LogP contribution in [-0.2, 0) is 28.5 Å². The third kappa shape index (κ3) is 26.6. The lowest BCUT2D eigenvalue weighted by Gasteiger charge is -2.39. The van der Waals surface area contributed by atoms with Crippen molar-refractivity contribution >= 4 is 11.9 Å². The second-order valence-corrected chi connectivity index (χ2v) is 14.8. The first-order chi connectivity index (χ1) is 25.8. The van der Waals surface area contributed by atoms with Gasteiger partial charge in [-0.1, -0.05) is 134 Å². The molecule has 0 radical (unpaired) electrons. The predicted octanol–water partition coefficient (Wildman–Crippen LogP) is 8.55. The normalized spacial score (nSPS) is 21.1. The average molecular weight is 755 g/mol. The van der Waals surface area contributed by atoms with Gasteiger partial charge in [-0.3, -0.25) is 9.59 Å². The van der Waals surface area contributed by atoms with Gasteiger partial charge in [-0.05, 0) is 57.8 Å². The van der Waals surface area contributed by atoms with Crippen LogP contribution in [0.15, 0.2) is 24.3 Å². The van der Waals surface area contributed by atoms with Crippen LogP contribution < -0.4 is 0 Å². The third-order valence-corrected chi connectivity index (χ3v) is 9.81. The smallest absolute Gasteiger partial charge is 0.306 e. The van der Waals surface area contributed by atoms with Crippen LogP contribution in [0.2, 0.25) is 0 Å². The van der Waals surface area contributed by atoms with E-state index in [0.29, 0.717) is 6.42 Å². The van der Waals surface area contributed by atoms with Crippen LogP contribution in [-0.4, -0.2) is 89.0 Å². The zero-order valence-electron chi connectivity index (χ0n) is 33.5. The Labute approximate surface area is 322 Å². The number of aliphatic hydroxyl groups is 4. The second kappa shape index (κ2) is 34.7. The number of unbranched alkanes of at least 4 members (excludes halogenated alkanes) is 20. The lowest BCUT2D eigenvalue weighted by Crippen LogP contribution is -2.59. The molecule has 310 valence electrons. The minimum atomic E-state index is -1.59. The van der Waals surface area contributed by atoms with E-state index in [9.17, 15) is 30.0 Å². The first kappa shape index (κ1) is 49.2. The molecule has 6 atom stereocenters. The van der Waals surface area contributed by atoms with Gasteiger partial charge in [0.15, 0.2) is 12.4 Å². The van der Waals surface area contributed by atoms with Gasteiger partial charge in [0.05, 0.1) is 13.2 Å². The highest BCUT2D eigenvalue weighted by molar-refractivity contribution is 5.70. The van der Waals surface area contributed by atoms with Crippen LogP contribution in [0, 0.1) is 0 Å². The molecule has 1 aliphatic heterocycles. The van der Waals surface area contributed by atoms with Gasteiger partial charge in [0.1, 0.15) is 31.0 Å². The predicted molar refractivity (Wildman–Crippen MR) is 210 cm³/mol. The Morgan fingerprint density at radius 2 is 1.02 bits per heavy atom. The molecule has 10 heteroatoms. The molecular weight excluding hydrogens is 676 g/mol. The summed E-state index contributed by atoms with van der Waals surface area (Å²) in [5.41, 5.74) is 0. The molecule has 0 saturated carbocycles. The summed E-state index contributed by atoms with van der Waals surface area (Å²) >= 11 is 0. The average Bonchev–Trinajstić information content (AvgIpc) is 3.15. The van der Waals surface area contributed by atoms with Gasteiger partial charge in [-0.2, -0.15) is 0 Å². The fourth-order valence-electron chi connectivity index (χ4n) is 6.34. The number of hydrogen-bond donors (Lipinski definition) is 4. The summed E-state index contributed by atoms with van der Waals surface area (Å²) < 4.78 is 22.1. The van der Waals surface area contributed by atoms with Crippen molar-refractivity contribution in [3.05, 3.63) is 24.3 Å². The summed E-state index contributed by atoms with van der Waals surface area (Å²) in [7, 11) is 0. The summed E-state index contributed by atoms with van der Waals surface area (Å²) in [5.74, 6) is -0.821. The maximum absolute atomic E-state index is 12.7. The van der Waals surface area contributed by atoms with E-state index in [4.69, 9.17) is 18.9 Å². The van der Waals surface area contributed by atoms with E-state index in [0.717, 1.165) is 70.6 Å². The number of allylic oxidation sites excluding steroid dienone is 4. The molecule has 0 aromatic rings.